The highest BCUT2D eigenvalue weighted by Crippen LogP contribution is 2.18. The van der Waals surface area contributed by atoms with Crippen LogP contribution in [0.4, 0.5) is 0 Å². The van der Waals surface area contributed by atoms with Crippen LogP contribution >= 0.6 is 0 Å². The second kappa shape index (κ2) is 9.13. The maximum atomic E-state index is 12.1. The number of hydrogen-bond acceptors (Lipinski definition) is 2. The Balaban J connectivity index is 1.79. The number of rotatable bonds is 7. The molecule has 0 spiro atoms. The van der Waals surface area contributed by atoms with Crippen molar-refractivity contribution in [1.82, 2.24) is 10.6 Å². The monoisotopic (exact) mass is 314 g/mol. The summed E-state index contributed by atoms with van der Waals surface area (Å²) in [7, 11) is 0. The second-order valence-corrected chi connectivity index (χ2v) is 6.01. The Morgan fingerprint density at radius 3 is 2.57 bits per heavy atom. The Kier molecular flexibility index (Phi) is 6.85. The normalized spacial score (nSPS) is 16.8. The minimum Gasteiger partial charge on any atom is -0.352 e. The summed E-state index contributed by atoms with van der Waals surface area (Å²) in [6, 6.07) is 7.42. The molecule has 1 atom stereocenters. The van der Waals surface area contributed by atoms with Gasteiger partial charge in [0.25, 0.3) is 5.91 Å². The van der Waals surface area contributed by atoms with Crippen molar-refractivity contribution in [3.63, 3.8) is 0 Å². The lowest BCUT2D eigenvalue weighted by molar-refractivity contribution is -0.125. The highest BCUT2D eigenvalue weighted by atomic mass is 16.2. The number of unbranched alkanes of at least 4 members (excludes halogenated alkanes) is 1. The van der Waals surface area contributed by atoms with Gasteiger partial charge < -0.3 is 10.6 Å². The first-order chi connectivity index (χ1) is 11.2. The van der Waals surface area contributed by atoms with E-state index in [1.165, 1.54) is 0 Å². The Morgan fingerprint density at radius 2 is 1.91 bits per heavy atom. The molecule has 0 saturated carbocycles. The van der Waals surface area contributed by atoms with E-state index < -0.39 is 0 Å². The zero-order valence-corrected chi connectivity index (χ0v) is 13.8. The van der Waals surface area contributed by atoms with Crippen LogP contribution in [0.15, 0.2) is 36.4 Å². The lowest BCUT2D eigenvalue weighted by atomic mass is 9.93. The molecule has 0 bridgehead atoms. The van der Waals surface area contributed by atoms with Gasteiger partial charge in [0.2, 0.25) is 5.91 Å². The molecule has 1 aromatic rings. The summed E-state index contributed by atoms with van der Waals surface area (Å²) in [6.45, 7) is 3.32. The van der Waals surface area contributed by atoms with Crippen molar-refractivity contribution in [1.29, 1.82) is 0 Å². The van der Waals surface area contributed by atoms with E-state index in [1.807, 2.05) is 24.3 Å². The largest absolute Gasteiger partial charge is 0.352 e. The van der Waals surface area contributed by atoms with Gasteiger partial charge in [-0.3, -0.25) is 9.59 Å². The summed E-state index contributed by atoms with van der Waals surface area (Å²) < 4.78 is 0. The van der Waals surface area contributed by atoms with Gasteiger partial charge in [0.05, 0.1) is 0 Å². The highest BCUT2D eigenvalue weighted by Gasteiger charge is 2.18. The van der Waals surface area contributed by atoms with E-state index in [-0.39, 0.29) is 17.7 Å². The van der Waals surface area contributed by atoms with Crippen molar-refractivity contribution >= 4 is 11.8 Å². The second-order valence-electron chi connectivity index (χ2n) is 6.01. The van der Waals surface area contributed by atoms with Gasteiger partial charge in [-0.15, -0.1) is 0 Å². The van der Waals surface area contributed by atoms with Gasteiger partial charge in [-0.2, -0.15) is 0 Å². The summed E-state index contributed by atoms with van der Waals surface area (Å²) >= 11 is 0. The van der Waals surface area contributed by atoms with E-state index in [0.717, 1.165) is 37.7 Å². The highest BCUT2D eigenvalue weighted by molar-refractivity contribution is 5.94. The van der Waals surface area contributed by atoms with Gasteiger partial charge in [0.1, 0.15) is 0 Å². The molecule has 0 saturated heterocycles. The van der Waals surface area contributed by atoms with Crippen LogP contribution in [0, 0.1) is 5.92 Å². The van der Waals surface area contributed by atoms with Crippen LogP contribution in [-0.2, 0) is 11.3 Å². The predicted molar refractivity (Wildman–Crippen MR) is 92.0 cm³/mol. The molecule has 1 aliphatic carbocycles. The summed E-state index contributed by atoms with van der Waals surface area (Å²) in [5.74, 6) is 0.183. The fourth-order valence-corrected chi connectivity index (χ4v) is 2.62. The van der Waals surface area contributed by atoms with Gasteiger partial charge in [-0.1, -0.05) is 37.6 Å². The zero-order valence-electron chi connectivity index (χ0n) is 13.8. The predicted octanol–water partition coefficient (Wildman–Crippen LogP) is 3.19. The van der Waals surface area contributed by atoms with Crippen molar-refractivity contribution in [3.8, 4) is 0 Å². The van der Waals surface area contributed by atoms with E-state index >= 15 is 0 Å². The number of amides is 2. The molecular formula is C19H26N2O2. The molecule has 0 aromatic heterocycles. The molecule has 0 fully saturated rings. The average molecular weight is 314 g/mol. The number of carbonyl (C=O) groups excluding carboxylic acids is 2. The number of benzene rings is 1. The summed E-state index contributed by atoms with van der Waals surface area (Å²) in [4.78, 5) is 24.0. The van der Waals surface area contributed by atoms with Crippen LogP contribution in [0.1, 0.15) is 54.9 Å². The van der Waals surface area contributed by atoms with Crippen molar-refractivity contribution in [2.45, 2.75) is 45.6 Å². The third-order valence-corrected chi connectivity index (χ3v) is 4.14. The Hall–Kier alpha value is -2.10. The molecule has 2 rings (SSSR count). The van der Waals surface area contributed by atoms with E-state index in [2.05, 4.69) is 29.7 Å². The first-order valence-electron chi connectivity index (χ1n) is 8.50. The standard InChI is InChI=1S/C19H26N2O2/c1-2-3-13-20-18(22)17-11-9-15(10-12-17)14-21-19(23)16-7-5-4-6-8-16/h4-5,9-12,16H,2-3,6-8,13-14H2,1H3,(H,20,22)(H,21,23). The third-order valence-electron chi connectivity index (χ3n) is 4.14. The Labute approximate surface area is 138 Å². The molecule has 1 unspecified atom stereocenters. The zero-order chi connectivity index (χ0) is 16.5. The summed E-state index contributed by atoms with van der Waals surface area (Å²) in [5, 5.41) is 5.88. The molecule has 1 aliphatic rings. The van der Waals surface area contributed by atoms with Crippen LogP contribution in [0.5, 0.6) is 0 Å². The van der Waals surface area contributed by atoms with Crippen LogP contribution in [-0.4, -0.2) is 18.4 Å². The fraction of sp³-hybridized carbons (Fsp3) is 0.474. The topological polar surface area (TPSA) is 58.2 Å². The number of hydrogen-bond donors (Lipinski definition) is 2. The average Bonchev–Trinajstić information content (AvgIpc) is 2.61. The first kappa shape index (κ1) is 17.3. The molecule has 0 heterocycles. The van der Waals surface area contributed by atoms with Crippen molar-refractivity contribution in [2.75, 3.05) is 6.54 Å². The summed E-state index contributed by atoms with van der Waals surface area (Å²) in [5.41, 5.74) is 1.67. The van der Waals surface area contributed by atoms with E-state index in [9.17, 15) is 9.59 Å². The quantitative estimate of drug-likeness (QED) is 0.600. The van der Waals surface area contributed by atoms with Gasteiger partial charge in [-0.05, 0) is 43.4 Å². The van der Waals surface area contributed by atoms with Gasteiger partial charge in [0.15, 0.2) is 0 Å². The first-order valence-corrected chi connectivity index (χ1v) is 8.50. The molecule has 1 aromatic carbocycles. The van der Waals surface area contributed by atoms with E-state index in [4.69, 9.17) is 0 Å². The minimum atomic E-state index is -0.0389. The molecule has 4 heteroatoms. The van der Waals surface area contributed by atoms with Gasteiger partial charge in [-0.25, -0.2) is 0 Å². The van der Waals surface area contributed by atoms with Crippen LogP contribution in [0.25, 0.3) is 0 Å². The lowest BCUT2D eigenvalue weighted by Gasteiger charge is -2.17. The maximum absolute atomic E-state index is 12.1. The smallest absolute Gasteiger partial charge is 0.251 e. The Morgan fingerprint density at radius 1 is 1.13 bits per heavy atom. The van der Waals surface area contributed by atoms with E-state index in [0.29, 0.717) is 18.7 Å². The van der Waals surface area contributed by atoms with Gasteiger partial charge in [0, 0.05) is 24.6 Å². The third kappa shape index (κ3) is 5.55. The SMILES string of the molecule is CCCCNC(=O)c1ccc(CNC(=O)C2CC=CCC2)cc1. The number of carbonyl (C=O) groups is 2. The minimum absolute atomic E-state index is 0.0389. The van der Waals surface area contributed by atoms with Crippen LogP contribution in [0.3, 0.4) is 0 Å². The van der Waals surface area contributed by atoms with E-state index in [1.54, 1.807) is 0 Å². The molecule has 124 valence electrons. The molecule has 2 N–H and O–H groups in total. The van der Waals surface area contributed by atoms with Crippen LogP contribution < -0.4 is 10.6 Å². The van der Waals surface area contributed by atoms with Gasteiger partial charge >= 0.3 is 0 Å². The number of nitrogens with one attached hydrogen (secondary N) is 2. The molecule has 0 radical (unpaired) electrons. The number of allylic oxidation sites excluding steroid dienone is 2. The molecular weight excluding hydrogens is 288 g/mol. The fourth-order valence-electron chi connectivity index (χ4n) is 2.62. The molecule has 2 amide bonds. The van der Waals surface area contributed by atoms with Crippen molar-refractivity contribution in [3.05, 3.63) is 47.5 Å². The Bertz CT molecular complexity index is 549. The molecule has 0 aliphatic heterocycles. The maximum Gasteiger partial charge on any atom is 0.251 e. The molecule has 23 heavy (non-hydrogen) atoms. The lowest BCUT2D eigenvalue weighted by Crippen LogP contribution is -2.30. The van der Waals surface area contributed by atoms with Crippen molar-refractivity contribution < 1.29 is 9.59 Å². The molecule has 4 nitrogen and oxygen atoms in total. The van der Waals surface area contributed by atoms with Crippen molar-refractivity contribution in [2.24, 2.45) is 5.92 Å². The van der Waals surface area contributed by atoms with Crippen LogP contribution in [0.2, 0.25) is 0 Å². The summed E-state index contributed by atoms with van der Waals surface area (Å²) in [6.07, 6.45) is 9.03.